The van der Waals surface area contributed by atoms with E-state index in [1.807, 2.05) is 18.3 Å². The molecule has 0 saturated heterocycles. The van der Waals surface area contributed by atoms with Crippen LogP contribution < -0.4 is 5.32 Å². The van der Waals surface area contributed by atoms with E-state index in [2.05, 4.69) is 23.3 Å². The van der Waals surface area contributed by atoms with E-state index in [9.17, 15) is 4.39 Å². The van der Waals surface area contributed by atoms with Crippen molar-refractivity contribution in [3.05, 3.63) is 65.2 Å². The van der Waals surface area contributed by atoms with Gasteiger partial charge in [0.2, 0.25) is 0 Å². The SMILES string of the molecule is CC(NC1CCc2cccnc21)c1cccc(F)c1. The van der Waals surface area contributed by atoms with Crippen LogP contribution in [-0.4, -0.2) is 4.98 Å². The highest BCUT2D eigenvalue weighted by atomic mass is 19.1. The number of nitrogens with one attached hydrogen (secondary N) is 1. The number of aryl methyl sites for hydroxylation is 1. The van der Waals surface area contributed by atoms with Gasteiger partial charge >= 0.3 is 0 Å². The number of pyridine rings is 1. The van der Waals surface area contributed by atoms with Crippen molar-refractivity contribution < 1.29 is 4.39 Å². The molecule has 0 amide bonds. The summed E-state index contributed by atoms with van der Waals surface area (Å²) in [6.07, 6.45) is 3.97. The predicted molar refractivity (Wildman–Crippen MR) is 73.2 cm³/mol. The molecule has 2 aromatic rings. The van der Waals surface area contributed by atoms with E-state index in [1.165, 1.54) is 11.6 Å². The molecule has 1 aromatic heterocycles. The summed E-state index contributed by atoms with van der Waals surface area (Å²) in [7, 11) is 0. The monoisotopic (exact) mass is 256 g/mol. The van der Waals surface area contributed by atoms with Crippen molar-refractivity contribution >= 4 is 0 Å². The predicted octanol–water partition coefficient (Wildman–Crippen LogP) is 3.56. The molecule has 0 bridgehead atoms. The Kier molecular flexibility index (Phi) is 3.30. The van der Waals surface area contributed by atoms with Gasteiger partial charge in [-0.05, 0) is 49.1 Å². The molecule has 1 aromatic carbocycles. The maximum atomic E-state index is 13.2. The van der Waals surface area contributed by atoms with Crippen LogP contribution in [0.15, 0.2) is 42.6 Å². The highest BCUT2D eigenvalue weighted by Gasteiger charge is 2.24. The first-order valence-electron chi connectivity index (χ1n) is 6.69. The maximum absolute atomic E-state index is 13.2. The lowest BCUT2D eigenvalue weighted by atomic mass is 10.1. The molecular formula is C16H17FN2. The first kappa shape index (κ1) is 12.3. The topological polar surface area (TPSA) is 24.9 Å². The van der Waals surface area contributed by atoms with Gasteiger partial charge in [-0.3, -0.25) is 4.98 Å². The molecule has 0 radical (unpaired) electrons. The Morgan fingerprint density at radius 3 is 3.05 bits per heavy atom. The second-order valence-corrected chi connectivity index (χ2v) is 5.08. The number of hydrogen-bond donors (Lipinski definition) is 1. The van der Waals surface area contributed by atoms with Gasteiger partial charge < -0.3 is 5.32 Å². The van der Waals surface area contributed by atoms with Crippen molar-refractivity contribution in [2.24, 2.45) is 0 Å². The van der Waals surface area contributed by atoms with Crippen molar-refractivity contribution in [2.45, 2.75) is 31.8 Å². The van der Waals surface area contributed by atoms with Gasteiger partial charge in [0, 0.05) is 12.2 Å². The molecule has 3 heteroatoms. The number of aromatic nitrogens is 1. The number of benzene rings is 1. The van der Waals surface area contributed by atoms with Crippen molar-refractivity contribution in [3.63, 3.8) is 0 Å². The Morgan fingerprint density at radius 1 is 1.32 bits per heavy atom. The van der Waals surface area contributed by atoms with E-state index in [0.29, 0.717) is 0 Å². The summed E-state index contributed by atoms with van der Waals surface area (Å²) in [4.78, 5) is 4.47. The summed E-state index contributed by atoms with van der Waals surface area (Å²) >= 11 is 0. The van der Waals surface area contributed by atoms with Crippen molar-refractivity contribution in [1.82, 2.24) is 10.3 Å². The van der Waals surface area contributed by atoms with Gasteiger partial charge in [-0.1, -0.05) is 18.2 Å². The van der Waals surface area contributed by atoms with E-state index >= 15 is 0 Å². The molecule has 2 unspecified atom stereocenters. The lowest BCUT2D eigenvalue weighted by Crippen LogP contribution is -2.23. The minimum atomic E-state index is -0.184. The molecule has 0 saturated carbocycles. The van der Waals surface area contributed by atoms with Gasteiger partial charge in [0.05, 0.1) is 11.7 Å². The van der Waals surface area contributed by atoms with E-state index in [0.717, 1.165) is 24.1 Å². The third kappa shape index (κ3) is 2.51. The van der Waals surface area contributed by atoms with E-state index < -0.39 is 0 Å². The highest BCUT2D eigenvalue weighted by molar-refractivity contribution is 5.29. The van der Waals surface area contributed by atoms with Crippen molar-refractivity contribution in [3.8, 4) is 0 Å². The van der Waals surface area contributed by atoms with Gasteiger partial charge in [0.1, 0.15) is 5.82 Å². The standard InChI is InChI=1S/C16H17FN2/c1-11(13-4-2-6-14(17)10-13)19-15-8-7-12-5-3-9-18-16(12)15/h2-6,9-11,15,19H,7-8H2,1H3. The van der Waals surface area contributed by atoms with Crippen LogP contribution in [0.1, 0.15) is 42.2 Å². The van der Waals surface area contributed by atoms with Crippen molar-refractivity contribution in [2.75, 3.05) is 0 Å². The smallest absolute Gasteiger partial charge is 0.123 e. The van der Waals surface area contributed by atoms with Gasteiger partial charge in [-0.25, -0.2) is 4.39 Å². The zero-order chi connectivity index (χ0) is 13.2. The lowest BCUT2D eigenvalue weighted by molar-refractivity contribution is 0.457. The van der Waals surface area contributed by atoms with Gasteiger partial charge in [-0.15, -0.1) is 0 Å². The quantitative estimate of drug-likeness (QED) is 0.908. The zero-order valence-electron chi connectivity index (χ0n) is 10.9. The van der Waals surface area contributed by atoms with Crippen LogP contribution in [0, 0.1) is 5.82 Å². The molecule has 1 heterocycles. The third-order valence-corrected chi connectivity index (χ3v) is 3.76. The summed E-state index contributed by atoms with van der Waals surface area (Å²) in [5.74, 6) is -0.184. The van der Waals surface area contributed by atoms with Crippen LogP contribution in [-0.2, 0) is 6.42 Å². The second kappa shape index (κ2) is 5.10. The van der Waals surface area contributed by atoms with Crippen LogP contribution in [0.3, 0.4) is 0 Å². The minimum absolute atomic E-state index is 0.119. The Labute approximate surface area is 112 Å². The van der Waals surface area contributed by atoms with Gasteiger partial charge in [0.25, 0.3) is 0 Å². The minimum Gasteiger partial charge on any atom is -0.302 e. The molecule has 19 heavy (non-hydrogen) atoms. The second-order valence-electron chi connectivity index (χ2n) is 5.08. The molecule has 2 nitrogen and oxygen atoms in total. The summed E-state index contributed by atoms with van der Waals surface area (Å²) in [6.45, 7) is 2.07. The number of nitrogens with zero attached hydrogens (tertiary/aromatic N) is 1. The molecule has 3 rings (SSSR count). The molecule has 0 aliphatic heterocycles. The summed E-state index contributed by atoms with van der Waals surface area (Å²) in [5.41, 5.74) is 3.45. The van der Waals surface area contributed by atoms with Crippen LogP contribution in [0.25, 0.3) is 0 Å². The Balaban J connectivity index is 1.76. The first-order chi connectivity index (χ1) is 9.24. The van der Waals surface area contributed by atoms with E-state index in [1.54, 1.807) is 12.1 Å². The molecule has 0 spiro atoms. The lowest BCUT2D eigenvalue weighted by Gasteiger charge is -2.20. The normalized spacial score (nSPS) is 19.2. The van der Waals surface area contributed by atoms with Crippen LogP contribution >= 0.6 is 0 Å². The maximum Gasteiger partial charge on any atom is 0.123 e. The van der Waals surface area contributed by atoms with Gasteiger partial charge in [0.15, 0.2) is 0 Å². The number of fused-ring (bicyclic) bond motifs is 1. The molecule has 1 N–H and O–H groups in total. The fourth-order valence-electron chi connectivity index (χ4n) is 2.75. The Morgan fingerprint density at radius 2 is 2.21 bits per heavy atom. The number of hydrogen-bond acceptors (Lipinski definition) is 2. The van der Waals surface area contributed by atoms with Crippen LogP contribution in [0.4, 0.5) is 4.39 Å². The van der Waals surface area contributed by atoms with Gasteiger partial charge in [-0.2, -0.15) is 0 Å². The first-order valence-corrected chi connectivity index (χ1v) is 6.69. The molecular weight excluding hydrogens is 239 g/mol. The van der Waals surface area contributed by atoms with Crippen LogP contribution in [0.5, 0.6) is 0 Å². The molecule has 1 aliphatic carbocycles. The molecule has 1 aliphatic rings. The largest absolute Gasteiger partial charge is 0.302 e. The van der Waals surface area contributed by atoms with E-state index in [-0.39, 0.29) is 17.9 Å². The average Bonchev–Trinajstić information content (AvgIpc) is 2.82. The third-order valence-electron chi connectivity index (χ3n) is 3.76. The Hall–Kier alpha value is -1.74. The summed E-state index contributed by atoms with van der Waals surface area (Å²) in [6, 6.07) is 11.3. The fourth-order valence-corrected chi connectivity index (χ4v) is 2.75. The fraction of sp³-hybridized carbons (Fsp3) is 0.312. The molecule has 2 atom stereocenters. The molecule has 0 fully saturated rings. The van der Waals surface area contributed by atoms with E-state index in [4.69, 9.17) is 0 Å². The summed E-state index contributed by atoms with van der Waals surface area (Å²) < 4.78 is 13.2. The molecule has 98 valence electrons. The zero-order valence-corrected chi connectivity index (χ0v) is 10.9. The highest BCUT2D eigenvalue weighted by Crippen LogP contribution is 2.31. The summed E-state index contributed by atoms with van der Waals surface area (Å²) in [5, 5.41) is 3.55. The number of rotatable bonds is 3. The number of halogens is 1. The Bertz CT molecular complexity index is 582. The van der Waals surface area contributed by atoms with Crippen molar-refractivity contribution in [1.29, 1.82) is 0 Å². The van der Waals surface area contributed by atoms with Crippen LogP contribution in [0.2, 0.25) is 0 Å². The average molecular weight is 256 g/mol.